The van der Waals surface area contributed by atoms with Crippen LogP contribution in [0.25, 0.3) is 0 Å². The number of nitrogens with two attached hydrogens (primary N) is 1. The Hall–Kier alpha value is -1.51. The SMILES string of the molecule is C[C@@H]1O[C@@H](CCCc2ccc(C[C@H](N)C(=O)O)cc2)[C@@H](O)[C@H](O)[C@@H]1O. The van der Waals surface area contributed by atoms with E-state index in [4.69, 9.17) is 15.6 Å². The number of carbonyl (C=O) groups is 1. The number of benzene rings is 1. The fourth-order valence-corrected chi connectivity index (χ4v) is 3.07. The van der Waals surface area contributed by atoms with E-state index in [1.165, 1.54) is 0 Å². The molecular weight excluding hydrogens is 326 g/mol. The summed E-state index contributed by atoms with van der Waals surface area (Å²) < 4.78 is 5.57. The van der Waals surface area contributed by atoms with E-state index < -0.39 is 42.5 Å². The van der Waals surface area contributed by atoms with Crippen molar-refractivity contribution in [2.75, 3.05) is 0 Å². The van der Waals surface area contributed by atoms with Gasteiger partial charge < -0.3 is 30.9 Å². The van der Waals surface area contributed by atoms with Gasteiger partial charge in [0.15, 0.2) is 0 Å². The van der Waals surface area contributed by atoms with E-state index >= 15 is 0 Å². The molecule has 0 saturated carbocycles. The van der Waals surface area contributed by atoms with Gasteiger partial charge in [-0.25, -0.2) is 0 Å². The number of aliphatic carboxylic acids is 1. The van der Waals surface area contributed by atoms with E-state index in [0.717, 1.165) is 24.0 Å². The molecule has 6 N–H and O–H groups in total. The van der Waals surface area contributed by atoms with Crippen molar-refractivity contribution in [1.82, 2.24) is 0 Å². The quantitative estimate of drug-likeness (QED) is 0.460. The van der Waals surface area contributed by atoms with Gasteiger partial charge in [-0.3, -0.25) is 4.79 Å². The normalized spacial score (nSPS) is 30.8. The highest BCUT2D eigenvalue weighted by Gasteiger charge is 2.41. The summed E-state index contributed by atoms with van der Waals surface area (Å²) in [6.07, 6.45) is -1.98. The monoisotopic (exact) mass is 353 g/mol. The summed E-state index contributed by atoms with van der Waals surface area (Å²) in [4.78, 5) is 10.8. The fraction of sp³-hybridized carbons (Fsp3) is 0.611. The summed E-state index contributed by atoms with van der Waals surface area (Å²) in [5.74, 6) is -1.02. The summed E-state index contributed by atoms with van der Waals surface area (Å²) in [7, 11) is 0. The molecule has 7 heteroatoms. The Kier molecular flexibility index (Phi) is 6.92. The van der Waals surface area contributed by atoms with Gasteiger partial charge in [-0.05, 0) is 43.7 Å². The van der Waals surface area contributed by atoms with Gasteiger partial charge in [0.1, 0.15) is 24.4 Å². The van der Waals surface area contributed by atoms with Crippen LogP contribution in [-0.4, -0.2) is 63.0 Å². The third-order valence-corrected chi connectivity index (χ3v) is 4.70. The molecule has 1 aromatic rings. The van der Waals surface area contributed by atoms with Crippen molar-refractivity contribution in [3.05, 3.63) is 35.4 Å². The molecule has 0 radical (unpaired) electrons. The van der Waals surface area contributed by atoms with Gasteiger partial charge in [0.25, 0.3) is 0 Å². The Morgan fingerprint density at radius 1 is 1.12 bits per heavy atom. The van der Waals surface area contributed by atoms with Gasteiger partial charge in [-0.2, -0.15) is 0 Å². The lowest BCUT2D eigenvalue weighted by atomic mass is 9.92. The smallest absolute Gasteiger partial charge is 0.320 e. The zero-order valence-corrected chi connectivity index (χ0v) is 14.3. The highest BCUT2D eigenvalue weighted by atomic mass is 16.5. The number of aliphatic hydroxyl groups is 3. The minimum atomic E-state index is -1.19. The predicted molar refractivity (Wildman–Crippen MR) is 91.1 cm³/mol. The Bertz CT molecular complexity index is 563. The number of hydrogen-bond donors (Lipinski definition) is 5. The second-order valence-electron chi connectivity index (χ2n) is 6.71. The van der Waals surface area contributed by atoms with Gasteiger partial charge >= 0.3 is 5.97 Å². The summed E-state index contributed by atoms with van der Waals surface area (Å²) in [6, 6.07) is 6.70. The van der Waals surface area contributed by atoms with Crippen molar-refractivity contribution < 1.29 is 30.0 Å². The number of carboxylic acid groups (broad SMARTS) is 1. The molecular formula is C18H27NO6. The molecule has 1 saturated heterocycles. The first-order valence-electron chi connectivity index (χ1n) is 8.55. The maximum atomic E-state index is 10.8. The standard InChI is InChI=1S/C18H27NO6/c1-10-15(20)17(22)16(21)14(25-10)4-2-3-11-5-7-12(8-6-11)9-13(19)18(23)24/h5-8,10,13-17,20-22H,2-4,9,19H2,1H3,(H,23,24)/t10-,13-,14-,15+,16+,17+/m0/s1. The van der Waals surface area contributed by atoms with Crippen LogP contribution in [0.5, 0.6) is 0 Å². The van der Waals surface area contributed by atoms with Crippen molar-refractivity contribution in [3.63, 3.8) is 0 Å². The Morgan fingerprint density at radius 3 is 2.32 bits per heavy atom. The lowest BCUT2D eigenvalue weighted by molar-refractivity contribution is -0.218. The van der Waals surface area contributed by atoms with Crippen molar-refractivity contribution in [1.29, 1.82) is 0 Å². The molecule has 0 aromatic heterocycles. The Labute approximate surface area is 147 Å². The first-order valence-corrected chi connectivity index (χ1v) is 8.55. The number of aryl methyl sites for hydroxylation is 1. The van der Waals surface area contributed by atoms with Crippen LogP contribution in [0.4, 0.5) is 0 Å². The molecule has 0 bridgehead atoms. The minimum Gasteiger partial charge on any atom is -0.480 e. The number of aliphatic hydroxyl groups excluding tert-OH is 3. The molecule has 1 heterocycles. The average molecular weight is 353 g/mol. The van der Waals surface area contributed by atoms with Crippen LogP contribution in [0, 0.1) is 0 Å². The molecule has 1 aliphatic rings. The molecule has 1 aromatic carbocycles. The number of ether oxygens (including phenoxy) is 1. The van der Waals surface area contributed by atoms with Crippen LogP contribution in [0.15, 0.2) is 24.3 Å². The van der Waals surface area contributed by atoms with Gasteiger partial charge in [0.2, 0.25) is 0 Å². The second kappa shape index (κ2) is 8.73. The van der Waals surface area contributed by atoms with Crippen LogP contribution < -0.4 is 5.73 Å². The molecule has 1 aliphatic heterocycles. The molecule has 7 nitrogen and oxygen atoms in total. The zero-order valence-electron chi connectivity index (χ0n) is 14.3. The van der Waals surface area contributed by atoms with Crippen LogP contribution in [0.3, 0.4) is 0 Å². The molecule has 0 unspecified atom stereocenters. The number of hydrogen-bond acceptors (Lipinski definition) is 6. The van der Waals surface area contributed by atoms with E-state index in [9.17, 15) is 20.1 Å². The van der Waals surface area contributed by atoms with E-state index in [-0.39, 0.29) is 6.42 Å². The molecule has 0 amide bonds. The molecule has 1 fully saturated rings. The number of carboxylic acids is 1. The van der Waals surface area contributed by atoms with Crippen LogP contribution in [-0.2, 0) is 22.4 Å². The highest BCUT2D eigenvalue weighted by Crippen LogP contribution is 2.24. The molecule has 25 heavy (non-hydrogen) atoms. The topological polar surface area (TPSA) is 133 Å². The van der Waals surface area contributed by atoms with Crippen LogP contribution >= 0.6 is 0 Å². The largest absolute Gasteiger partial charge is 0.480 e. The van der Waals surface area contributed by atoms with Gasteiger partial charge in [0.05, 0.1) is 12.2 Å². The van der Waals surface area contributed by atoms with Gasteiger partial charge in [0, 0.05) is 0 Å². The predicted octanol–water partition coefficient (Wildman–Crippen LogP) is -0.166. The van der Waals surface area contributed by atoms with Crippen molar-refractivity contribution in [2.24, 2.45) is 5.73 Å². The molecule has 6 atom stereocenters. The third-order valence-electron chi connectivity index (χ3n) is 4.70. The van der Waals surface area contributed by atoms with E-state index in [1.807, 2.05) is 24.3 Å². The summed E-state index contributed by atoms with van der Waals surface area (Å²) in [5, 5.41) is 38.3. The average Bonchev–Trinajstić information content (AvgIpc) is 2.58. The number of rotatable bonds is 7. The second-order valence-corrected chi connectivity index (χ2v) is 6.71. The molecule has 140 valence electrons. The van der Waals surface area contributed by atoms with Crippen molar-refractivity contribution in [2.45, 2.75) is 69.2 Å². The van der Waals surface area contributed by atoms with Gasteiger partial charge in [-0.15, -0.1) is 0 Å². The molecule has 0 aliphatic carbocycles. The lowest BCUT2D eigenvalue weighted by Crippen LogP contribution is -2.56. The van der Waals surface area contributed by atoms with E-state index in [1.54, 1.807) is 6.92 Å². The molecule has 0 spiro atoms. The van der Waals surface area contributed by atoms with Crippen molar-refractivity contribution >= 4 is 5.97 Å². The van der Waals surface area contributed by atoms with Gasteiger partial charge in [-0.1, -0.05) is 24.3 Å². The van der Waals surface area contributed by atoms with Crippen molar-refractivity contribution in [3.8, 4) is 0 Å². The first-order chi connectivity index (χ1) is 11.8. The fourth-order valence-electron chi connectivity index (χ4n) is 3.07. The Balaban J connectivity index is 1.81. The summed E-state index contributed by atoms with van der Waals surface area (Å²) in [5.41, 5.74) is 7.48. The van der Waals surface area contributed by atoms with E-state index in [0.29, 0.717) is 6.42 Å². The third kappa shape index (κ3) is 5.23. The Morgan fingerprint density at radius 2 is 1.72 bits per heavy atom. The maximum Gasteiger partial charge on any atom is 0.320 e. The zero-order chi connectivity index (χ0) is 18.6. The molecule has 2 rings (SSSR count). The van der Waals surface area contributed by atoms with Crippen LogP contribution in [0.2, 0.25) is 0 Å². The summed E-state index contributed by atoms with van der Waals surface area (Å²) >= 11 is 0. The summed E-state index contributed by atoms with van der Waals surface area (Å²) in [6.45, 7) is 1.67. The maximum absolute atomic E-state index is 10.8. The van der Waals surface area contributed by atoms with E-state index in [2.05, 4.69) is 0 Å². The van der Waals surface area contributed by atoms with Crippen LogP contribution in [0.1, 0.15) is 30.9 Å². The first kappa shape index (κ1) is 19.8. The lowest BCUT2D eigenvalue weighted by Gasteiger charge is -2.39. The minimum absolute atomic E-state index is 0.288. The highest BCUT2D eigenvalue weighted by molar-refractivity contribution is 5.73.